The van der Waals surface area contributed by atoms with Crippen molar-refractivity contribution < 1.29 is 4.74 Å². The van der Waals surface area contributed by atoms with Gasteiger partial charge < -0.3 is 10.5 Å². The number of hydrogen-bond acceptors (Lipinski definition) is 3. The number of piperidine rings is 1. The molecule has 2 atom stereocenters. The van der Waals surface area contributed by atoms with Gasteiger partial charge >= 0.3 is 0 Å². The Kier molecular flexibility index (Phi) is 3.10. The first-order valence-corrected chi connectivity index (χ1v) is 5.74. The minimum Gasteiger partial charge on any atom is -0.381 e. The van der Waals surface area contributed by atoms with Crippen molar-refractivity contribution in [2.24, 2.45) is 5.73 Å². The van der Waals surface area contributed by atoms with E-state index in [9.17, 15) is 0 Å². The van der Waals surface area contributed by atoms with Crippen LogP contribution in [0.3, 0.4) is 0 Å². The van der Waals surface area contributed by atoms with Crippen LogP contribution in [0, 0.1) is 0 Å². The Morgan fingerprint density at radius 3 is 2.50 bits per heavy atom. The van der Waals surface area contributed by atoms with Crippen LogP contribution >= 0.6 is 0 Å². The van der Waals surface area contributed by atoms with Crippen LogP contribution in [0.2, 0.25) is 0 Å². The third-order valence-corrected chi connectivity index (χ3v) is 3.83. The maximum absolute atomic E-state index is 5.82. The summed E-state index contributed by atoms with van der Waals surface area (Å²) in [5.74, 6) is 0. The number of ether oxygens (including phenoxy) is 1. The summed E-state index contributed by atoms with van der Waals surface area (Å²) in [6.07, 6.45) is 5.24. The van der Waals surface area contributed by atoms with Gasteiger partial charge in [-0.1, -0.05) is 0 Å². The van der Waals surface area contributed by atoms with Gasteiger partial charge in [0.05, 0.1) is 6.10 Å². The molecule has 2 fully saturated rings. The van der Waals surface area contributed by atoms with Gasteiger partial charge in [0, 0.05) is 31.8 Å². The average Bonchev–Trinajstić information content (AvgIpc) is 2.13. The van der Waals surface area contributed by atoms with E-state index in [1.165, 1.54) is 32.2 Å². The highest BCUT2D eigenvalue weighted by atomic mass is 16.5. The van der Waals surface area contributed by atoms with Crippen molar-refractivity contribution in [3.63, 3.8) is 0 Å². The second kappa shape index (κ2) is 4.17. The molecule has 2 rings (SSSR count). The van der Waals surface area contributed by atoms with Gasteiger partial charge in [-0.25, -0.2) is 0 Å². The molecule has 0 aromatic rings. The SMILES string of the molecule is COC1CCN(C2CC(N)C2)C(C)C1. The van der Waals surface area contributed by atoms with E-state index in [1.807, 2.05) is 7.11 Å². The van der Waals surface area contributed by atoms with Crippen LogP contribution in [-0.4, -0.2) is 42.8 Å². The van der Waals surface area contributed by atoms with Crippen LogP contribution in [0.15, 0.2) is 0 Å². The largest absolute Gasteiger partial charge is 0.381 e. The summed E-state index contributed by atoms with van der Waals surface area (Å²) in [5.41, 5.74) is 5.82. The minimum atomic E-state index is 0.465. The lowest BCUT2D eigenvalue weighted by molar-refractivity contribution is -0.0207. The summed E-state index contributed by atoms with van der Waals surface area (Å²) in [7, 11) is 1.83. The lowest BCUT2D eigenvalue weighted by Crippen LogP contribution is -2.56. The van der Waals surface area contributed by atoms with E-state index in [4.69, 9.17) is 10.5 Å². The van der Waals surface area contributed by atoms with Crippen LogP contribution in [-0.2, 0) is 4.74 Å². The molecule has 2 N–H and O–H groups in total. The Labute approximate surface area is 86.6 Å². The van der Waals surface area contributed by atoms with Crippen molar-refractivity contribution in [2.45, 2.75) is 56.8 Å². The third-order valence-electron chi connectivity index (χ3n) is 3.83. The fourth-order valence-electron chi connectivity index (χ4n) is 2.80. The smallest absolute Gasteiger partial charge is 0.0598 e. The van der Waals surface area contributed by atoms with Crippen molar-refractivity contribution >= 4 is 0 Å². The van der Waals surface area contributed by atoms with Crippen LogP contribution < -0.4 is 5.73 Å². The highest BCUT2D eigenvalue weighted by molar-refractivity contribution is 4.93. The van der Waals surface area contributed by atoms with E-state index >= 15 is 0 Å². The molecule has 1 saturated heterocycles. The molecular formula is C11H22N2O. The highest BCUT2D eigenvalue weighted by Crippen LogP contribution is 2.30. The monoisotopic (exact) mass is 198 g/mol. The van der Waals surface area contributed by atoms with Crippen molar-refractivity contribution in [1.29, 1.82) is 0 Å². The first kappa shape index (κ1) is 10.4. The van der Waals surface area contributed by atoms with Crippen LogP contribution in [0.4, 0.5) is 0 Å². The van der Waals surface area contributed by atoms with E-state index in [0.29, 0.717) is 18.2 Å². The Bertz CT molecular complexity index is 192. The van der Waals surface area contributed by atoms with Crippen molar-refractivity contribution in [3.05, 3.63) is 0 Å². The average molecular weight is 198 g/mol. The molecule has 1 aliphatic carbocycles. The molecule has 0 spiro atoms. The Hall–Kier alpha value is -0.120. The fourth-order valence-corrected chi connectivity index (χ4v) is 2.80. The number of nitrogens with zero attached hydrogens (tertiary/aromatic N) is 1. The molecule has 3 nitrogen and oxygen atoms in total. The zero-order valence-corrected chi connectivity index (χ0v) is 9.28. The number of methoxy groups -OCH3 is 1. The van der Waals surface area contributed by atoms with Crippen LogP contribution in [0.25, 0.3) is 0 Å². The molecule has 0 aromatic carbocycles. The quantitative estimate of drug-likeness (QED) is 0.718. The standard InChI is InChI=1S/C11H22N2O/c1-8-5-11(14-2)3-4-13(8)10-6-9(12)7-10/h8-11H,3-7,12H2,1-2H3. The molecule has 82 valence electrons. The molecule has 3 heteroatoms. The van der Waals surface area contributed by atoms with Crippen molar-refractivity contribution in [2.75, 3.05) is 13.7 Å². The molecule has 1 heterocycles. The molecule has 0 bridgehead atoms. The van der Waals surface area contributed by atoms with Gasteiger partial charge in [0.1, 0.15) is 0 Å². The predicted molar refractivity (Wildman–Crippen MR) is 57.2 cm³/mol. The summed E-state index contributed by atoms with van der Waals surface area (Å²) in [6.45, 7) is 3.51. The Morgan fingerprint density at radius 1 is 1.29 bits per heavy atom. The molecular weight excluding hydrogens is 176 g/mol. The minimum absolute atomic E-state index is 0.465. The fraction of sp³-hybridized carbons (Fsp3) is 1.00. The second-order valence-corrected chi connectivity index (χ2v) is 4.85. The van der Waals surface area contributed by atoms with Gasteiger partial charge in [-0.05, 0) is 32.6 Å². The number of rotatable bonds is 2. The topological polar surface area (TPSA) is 38.5 Å². The van der Waals surface area contributed by atoms with Gasteiger partial charge in [-0.2, -0.15) is 0 Å². The molecule has 0 aromatic heterocycles. The van der Waals surface area contributed by atoms with Gasteiger partial charge in [0.2, 0.25) is 0 Å². The Balaban J connectivity index is 1.83. The number of likely N-dealkylation sites (tertiary alicyclic amines) is 1. The summed E-state index contributed by atoms with van der Waals surface area (Å²) in [5, 5.41) is 0. The zero-order valence-electron chi connectivity index (χ0n) is 9.28. The molecule has 0 amide bonds. The maximum atomic E-state index is 5.82. The van der Waals surface area contributed by atoms with Gasteiger partial charge in [-0.15, -0.1) is 0 Å². The molecule has 0 radical (unpaired) electrons. The summed E-state index contributed by atoms with van der Waals surface area (Å²) in [4.78, 5) is 2.62. The lowest BCUT2D eigenvalue weighted by Gasteiger charge is -2.47. The molecule has 14 heavy (non-hydrogen) atoms. The van der Waals surface area contributed by atoms with Crippen LogP contribution in [0.5, 0.6) is 0 Å². The first-order chi connectivity index (χ1) is 6.70. The molecule has 2 unspecified atom stereocenters. The summed E-state index contributed by atoms with van der Waals surface area (Å²) >= 11 is 0. The molecule has 2 aliphatic rings. The van der Waals surface area contributed by atoms with E-state index in [1.54, 1.807) is 0 Å². The van der Waals surface area contributed by atoms with Gasteiger partial charge in [-0.3, -0.25) is 4.90 Å². The molecule has 1 aliphatic heterocycles. The van der Waals surface area contributed by atoms with E-state index in [0.717, 1.165) is 6.04 Å². The highest BCUT2D eigenvalue weighted by Gasteiger charge is 2.36. The third kappa shape index (κ3) is 1.95. The van der Waals surface area contributed by atoms with Crippen molar-refractivity contribution in [3.8, 4) is 0 Å². The Morgan fingerprint density at radius 2 is 2.00 bits per heavy atom. The lowest BCUT2D eigenvalue weighted by atomic mass is 9.83. The number of hydrogen-bond donors (Lipinski definition) is 1. The second-order valence-electron chi connectivity index (χ2n) is 4.85. The van der Waals surface area contributed by atoms with Crippen molar-refractivity contribution in [1.82, 2.24) is 4.90 Å². The van der Waals surface area contributed by atoms with Gasteiger partial charge in [0.25, 0.3) is 0 Å². The van der Waals surface area contributed by atoms with E-state index in [2.05, 4.69) is 11.8 Å². The van der Waals surface area contributed by atoms with E-state index in [-0.39, 0.29) is 0 Å². The van der Waals surface area contributed by atoms with E-state index < -0.39 is 0 Å². The molecule has 1 saturated carbocycles. The van der Waals surface area contributed by atoms with Crippen LogP contribution in [0.1, 0.15) is 32.6 Å². The van der Waals surface area contributed by atoms with Gasteiger partial charge in [0.15, 0.2) is 0 Å². The predicted octanol–water partition coefficient (Wildman–Crippen LogP) is 0.975. The first-order valence-electron chi connectivity index (χ1n) is 5.74. The zero-order chi connectivity index (χ0) is 10.1. The normalized spacial score (nSPS) is 44.8. The maximum Gasteiger partial charge on any atom is 0.0598 e. The number of nitrogens with two attached hydrogens (primary N) is 1. The summed E-state index contributed by atoms with van der Waals surface area (Å²) in [6, 6.07) is 1.90. The summed E-state index contributed by atoms with van der Waals surface area (Å²) < 4.78 is 5.41.